The number of aromatic amines is 1. The Morgan fingerprint density at radius 2 is 2.12 bits per heavy atom. The average Bonchev–Trinajstić information content (AvgIpc) is 3.55. The molecular weight excluding hydrogens is 540 g/mol. The van der Waals surface area contributed by atoms with Crippen LogP contribution in [0.5, 0.6) is 5.75 Å². The molecule has 1 unspecified atom stereocenters. The molecule has 214 valence electrons. The molecule has 5 heterocycles. The lowest BCUT2D eigenvalue weighted by Gasteiger charge is -2.29. The van der Waals surface area contributed by atoms with Crippen LogP contribution >= 0.6 is 11.3 Å². The van der Waals surface area contributed by atoms with E-state index in [1.807, 2.05) is 14.0 Å². The molecule has 11 heteroatoms. The Labute approximate surface area is 241 Å². The first kappa shape index (κ1) is 27.3. The van der Waals surface area contributed by atoms with Crippen molar-refractivity contribution in [2.45, 2.75) is 58.2 Å². The summed E-state index contributed by atoms with van der Waals surface area (Å²) in [6.07, 6.45) is 2.56. The molecule has 0 fully saturated rings. The third kappa shape index (κ3) is 5.05. The molecule has 1 aromatic carbocycles. The van der Waals surface area contributed by atoms with E-state index in [4.69, 9.17) is 4.74 Å². The quantitative estimate of drug-likeness (QED) is 0.244. The number of rotatable bonds is 7. The smallest absolute Gasteiger partial charge is 0.304 e. The highest BCUT2D eigenvalue weighted by Gasteiger charge is 2.31. The normalized spacial score (nSPS) is 19.3. The van der Waals surface area contributed by atoms with Crippen LogP contribution in [0.2, 0.25) is 0 Å². The van der Waals surface area contributed by atoms with Crippen LogP contribution in [-0.2, 0) is 11.3 Å². The minimum Gasteiger partial charge on any atom is -0.487 e. The highest BCUT2D eigenvalue weighted by Crippen LogP contribution is 2.41. The summed E-state index contributed by atoms with van der Waals surface area (Å²) in [7, 11) is 1.88. The number of ether oxygens (including phenoxy) is 1. The van der Waals surface area contributed by atoms with Gasteiger partial charge in [0.2, 0.25) is 5.56 Å². The fraction of sp³-hybridized carbons (Fsp3) is 0.367. The fourth-order valence-corrected chi connectivity index (χ4v) is 6.87. The summed E-state index contributed by atoms with van der Waals surface area (Å²) in [4.78, 5) is 34.4. The Kier molecular flexibility index (Phi) is 7.18. The Balaban J connectivity index is 1.43. The van der Waals surface area contributed by atoms with E-state index in [0.717, 1.165) is 57.0 Å². The number of H-pyrrole nitrogens is 1. The van der Waals surface area contributed by atoms with E-state index >= 15 is 0 Å². The predicted octanol–water partition coefficient (Wildman–Crippen LogP) is 4.92. The molecule has 2 aliphatic rings. The van der Waals surface area contributed by atoms with Crippen molar-refractivity contribution in [3.8, 4) is 5.75 Å². The zero-order valence-corrected chi connectivity index (χ0v) is 24.3. The van der Waals surface area contributed by atoms with Crippen molar-refractivity contribution in [3.05, 3.63) is 80.2 Å². The molecule has 0 spiro atoms. The monoisotopic (exact) mass is 574 g/mol. The zero-order valence-electron chi connectivity index (χ0n) is 23.5. The van der Waals surface area contributed by atoms with Gasteiger partial charge < -0.3 is 14.8 Å². The van der Waals surface area contributed by atoms with Gasteiger partial charge in [-0.1, -0.05) is 13.0 Å². The highest BCUT2D eigenvalue weighted by molar-refractivity contribution is 7.17. The summed E-state index contributed by atoms with van der Waals surface area (Å²) in [5.41, 5.74) is 11.6. The van der Waals surface area contributed by atoms with Gasteiger partial charge in [0.05, 0.1) is 23.8 Å². The molecule has 6 rings (SSSR count). The number of thiophene rings is 1. The molecule has 0 bridgehead atoms. The van der Waals surface area contributed by atoms with Crippen LogP contribution in [0, 0.1) is 6.92 Å². The third-order valence-electron chi connectivity index (χ3n) is 8.27. The van der Waals surface area contributed by atoms with Gasteiger partial charge in [-0.05, 0) is 71.5 Å². The standard InChI is InChI=1S/C30H34N6O4S/c1-5-21-15-36(17(3)28-24(40-21)6-7-25(37)32-28)14-20-11-19(10-18-8-9-41-29(18)20)22(12-26(38)39)23-13-31-30-27(16(23)2)33-34-35(30)4/h6-11,13,17,21-22,33-34H,5,12,14-15H2,1-4H3,(H,32,37)(H,38,39)/t17?,21-,22-/m1/s1. The maximum atomic E-state index is 12.2. The highest BCUT2D eigenvalue weighted by atomic mass is 32.1. The molecule has 0 aliphatic carbocycles. The number of fused-ring (bicyclic) bond motifs is 3. The molecule has 0 saturated heterocycles. The summed E-state index contributed by atoms with van der Waals surface area (Å²) >= 11 is 1.69. The number of pyridine rings is 2. The van der Waals surface area contributed by atoms with Gasteiger partial charge in [0.1, 0.15) is 11.9 Å². The number of anilines is 2. The topological polar surface area (TPSA) is 123 Å². The zero-order chi connectivity index (χ0) is 28.8. The van der Waals surface area contributed by atoms with Gasteiger partial charge in [-0.25, -0.2) is 4.98 Å². The summed E-state index contributed by atoms with van der Waals surface area (Å²) in [6, 6.07) is 9.56. The molecule has 4 aromatic rings. The number of nitrogens with one attached hydrogen (secondary N) is 3. The number of carboxylic acid groups (broad SMARTS) is 1. The number of aromatic nitrogens is 2. The van der Waals surface area contributed by atoms with E-state index in [0.29, 0.717) is 13.1 Å². The number of hydrogen-bond acceptors (Lipinski definition) is 9. The minimum atomic E-state index is -0.866. The van der Waals surface area contributed by atoms with Crippen molar-refractivity contribution in [1.82, 2.24) is 20.4 Å². The first-order valence-corrected chi connectivity index (χ1v) is 14.7. The summed E-state index contributed by atoms with van der Waals surface area (Å²) < 4.78 is 7.47. The second-order valence-electron chi connectivity index (χ2n) is 10.9. The van der Waals surface area contributed by atoms with Crippen LogP contribution in [0.3, 0.4) is 0 Å². The molecule has 0 radical (unpaired) electrons. The van der Waals surface area contributed by atoms with Gasteiger partial charge in [-0.15, -0.1) is 16.9 Å². The van der Waals surface area contributed by atoms with Gasteiger partial charge in [0.25, 0.3) is 0 Å². The Morgan fingerprint density at radius 3 is 2.90 bits per heavy atom. The lowest BCUT2D eigenvalue weighted by atomic mass is 9.85. The van der Waals surface area contributed by atoms with Gasteiger partial charge in [-0.3, -0.25) is 24.9 Å². The number of hydrazine groups is 2. The first-order valence-electron chi connectivity index (χ1n) is 13.8. The predicted molar refractivity (Wildman–Crippen MR) is 161 cm³/mol. The van der Waals surface area contributed by atoms with Crippen LogP contribution in [0.15, 0.2) is 46.7 Å². The molecule has 0 saturated carbocycles. The van der Waals surface area contributed by atoms with Crippen molar-refractivity contribution in [2.24, 2.45) is 0 Å². The van der Waals surface area contributed by atoms with Crippen molar-refractivity contribution >= 4 is 38.9 Å². The third-order valence-corrected chi connectivity index (χ3v) is 9.27. The van der Waals surface area contributed by atoms with Crippen LogP contribution in [0.25, 0.3) is 10.1 Å². The Morgan fingerprint density at radius 1 is 1.29 bits per heavy atom. The number of nitrogens with zero attached hydrogens (tertiary/aromatic N) is 3. The largest absolute Gasteiger partial charge is 0.487 e. The number of carboxylic acids is 1. The number of carbonyl (C=O) groups is 1. The number of hydrogen-bond donors (Lipinski definition) is 4. The molecule has 4 N–H and O–H groups in total. The molecule has 3 atom stereocenters. The maximum Gasteiger partial charge on any atom is 0.304 e. The lowest BCUT2D eigenvalue weighted by Crippen LogP contribution is -2.34. The van der Waals surface area contributed by atoms with Gasteiger partial charge >= 0.3 is 5.97 Å². The van der Waals surface area contributed by atoms with Gasteiger partial charge in [0, 0.05) is 43.0 Å². The second-order valence-corrected chi connectivity index (χ2v) is 11.8. The SMILES string of the molecule is CC[C@@H]1CN(Cc2cc([C@@H](CC(=O)O)c3cnc4c(c3C)NNN4C)cc3ccsc23)C(C)c2[nH]c(=O)ccc2O1. The van der Waals surface area contributed by atoms with E-state index in [1.54, 1.807) is 28.6 Å². The van der Waals surface area contributed by atoms with E-state index < -0.39 is 5.97 Å². The average molecular weight is 575 g/mol. The molecule has 2 aliphatic heterocycles. The lowest BCUT2D eigenvalue weighted by molar-refractivity contribution is -0.137. The van der Waals surface area contributed by atoms with Crippen LogP contribution in [0.4, 0.5) is 11.5 Å². The van der Waals surface area contributed by atoms with E-state index in [2.05, 4.69) is 63.3 Å². The Bertz CT molecular complexity index is 1680. The van der Waals surface area contributed by atoms with E-state index in [1.165, 1.54) is 10.8 Å². The molecule has 41 heavy (non-hydrogen) atoms. The van der Waals surface area contributed by atoms with E-state index in [9.17, 15) is 14.7 Å². The van der Waals surface area contributed by atoms with Crippen LogP contribution < -0.4 is 26.3 Å². The molecule has 3 aromatic heterocycles. The fourth-order valence-electron chi connectivity index (χ4n) is 5.98. The molecular formula is C30H34N6O4S. The number of aliphatic carboxylic acids is 1. The number of benzene rings is 1. The second kappa shape index (κ2) is 10.8. The van der Waals surface area contributed by atoms with Gasteiger partial charge in [0.15, 0.2) is 5.82 Å². The molecule has 10 nitrogen and oxygen atoms in total. The van der Waals surface area contributed by atoms with Gasteiger partial charge in [-0.2, -0.15) is 0 Å². The minimum absolute atomic E-state index is 0.0225. The Hall–Kier alpha value is -3.93. The van der Waals surface area contributed by atoms with Crippen molar-refractivity contribution in [2.75, 3.05) is 24.0 Å². The summed E-state index contributed by atoms with van der Waals surface area (Å²) in [5.74, 6) is 0.243. The van der Waals surface area contributed by atoms with Crippen molar-refractivity contribution < 1.29 is 14.6 Å². The first-order chi connectivity index (χ1) is 19.7. The van der Waals surface area contributed by atoms with Crippen LogP contribution in [-0.4, -0.2) is 45.6 Å². The van der Waals surface area contributed by atoms with E-state index in [-0.39, 0.29) is 30.0 Å². The summed E-state index contributed by atoms with van der Waals surface area (Å²) in [5, 5.41) is 14.9. The molecule has 0 amide bonds. The van der Waals surface area contributed by atoms with Crippen LogP contribution in [0.1, 0.15) is 66.6 Å². The summed E-state index contributed by atoms with van der Waals surface area (Å²) in [6.45, 7) is 7.53. The van der Waals surface area contributed by atoms with Crippen molar-refractivity contribution in [3.63, 3.8) is 0 Å². The maximum absolute atomic E-state index is 12.2. The van der Waals surface area contributed by atoms with Crippen molar-refractivity contribution in [1.29, 1.82) is 0 Å².